The highest BCUT2D eigenvalue weighted by molar-refractivity contribution is 8.77. The van der Waals surface area contributed by atoms with Crippen molar-refractivity contribution in [1.29, 1.82) is 0 Å². The number of hydrogen-bond acceptors (Lipinski definition) is 4. The van der Waals surface area contributed by atoms with Crippen molar-refractivity contribution in [2.45, 2.75) is 88.0 Å². The van der Waals surface area contributed by atoms with Crippen molar-refractivity contribution in [2.75, 3.05) is 25.4 Å². The lowest BCUT2D eigenvalue weighted by atomic mass is 9.68. The highest BCUT2D eigenvalue weighted by Gasteiger charge is 2.46. The first-order valence-electron chi connectivity index (χ1n) is 11.8. The number of nitrogens with zero attached hydrogens (tertiary/aromatic N) is 2. The van der Waals surface area contributed by atoms with Crippen LogP contribution in [0, 0.1) is 11.8 Å². The molecule has 4 saturated heterocycles. The average molecular weight is 421 g/mol. The summed E-state index contributed by atoms with van der Waals surface area (Å²) in [6, 6.07) is 1.23. The van der Waals surface area contributed by atoms with E-state index >= 15 is 0 Å². The van der Waals surface area contributed by atoms with Crippen molar-refractivity contribution in [1.82, 2.24) is 9.80 Å². The van der Waals surface area contributed by atoms with E-state index in [0.29, 0.717) is 17.9 Å². The molecule has 1 aliphatic carbocycles. The topological polar surface area (TPSA) is 23.6 Å². The van der Waals surface area contributed by atoms with Gasteiger partial charge in [0.2, 0.25) is 5.91 Å². The molecule has 5 rings (SSSR count). The highest BCUT2D eigenvalue weighted by atomic mass is 33.1. The molecule has 4 heterocycles. The quantitative estimate of drug-likeness (QED) is 0.350. The molecule has 5 heteroatoms. The molecular formula is C23H36N2OS2. The van der Waals surface area contributed by atoms with Gasteiger partial charge in [-0.1, -0.05) is 46.1 Å². The summed E-state index contributed by atoms with van der Waals surface area (Å²) in [4.78, 5) is 18.3. The van der Waals surface area contributed by atoms with Crippen LogP contribution >= 0.6 is 21.6 Å². The van der Waals surface area contributed by atoms with E-state index in [1.165, 1.54) is 76.6 Å². The van der Waals surface area contributed by atoms with Crippen molar-refractivity contribution < 1.29 is 4.79 Å². The smallest absolute Gasteiger partial charge is 0.223 e. The van der Waals surface area contributed by atoms with Crippen LogP contribution in [-0.2, 0) is 4.79 Å². The molecular weight excluding hydrogens is 384 g/mol. The Morgan fingerprint density at radius 1 is 1.14 bits per heavy atom. The summed E-state index contributed by atoms with van der Waals surface area (Å²) in [6.07, 6.45) is 16.3. The molecule has 156 valence electrons. The molecule has 0 aromatic heterocycles. The zero-order chi connectivity index (χ0) is 18.9. The fourth-order valence-electron chi connectivity index (χ4n) is 6.61. The van der Waals surface area contributed by atoms with Gasteiger partial charge < -0.3 is 4.90 Å². The van der Waals surface area contributed by atoms with Gasteiger partial charge in [0.15, 0.2) is 0 Å². The Kier molecular flexibility index (Phi) is 6.32. The Morgan fingerprint density at radius 2 is 2.11 bits per heavy atom. The second kappa shape index (κ2) is 8.93. The molecule has 5 aliphatic rings. The third-order valence-corrected chi connectivity index (χ3v) is 10.9. The van der Waals surface area contributed by atoms with Crippen LogP contribution in [0.25, 0.3) is 0 Å². The van der Waals surface area contributed by atoms with Gasteiger partial charge in [0.05, 0.1) is 6.04 Å². The van der Waals surface area contributed by atoms with Gasteiger partial charge in [0, 0.05) is 36.6 Å². The average Bonchev–Trinajstić information content (AvgIpc) is 3.24. The van der Waals surface area contributed by atoms with E-state index in [1.807, 2.05) is 10.8 Å². The van der Waals surface area contributed by atoms with E-state index < -0.39 is 0 Å². The number of carbonyl (C=O) groups excluding carboxylic acids is 1. The van der Waals surface area contributed by atoms with Crippen LogP contribution in [0.5, 0.6) is 0 Å². The number of carbonyl (C=O) groups is 1. The summed E-state index contributed by atoms with van der Waals surface area (Å²) in [6.45, 7) is 3.53. The maximum absolute atomic E-state index is 13.2. The zero-order valence-electron chi connectivity index (χ0n) is 17.2. The third-order valence-electron chi connectivity index (χ3n) is 7.87. The van der Waals surface area contributed by atoms with E-state index in [4.69, 9.17) is 0 Å². The molecule has 0 radical (unpaired) electrons. The molecule has 4 fully saturated rings. The van der Waals surface area contributed by atoms with Crippen molar-refractivity contribution in [3.63, 3.8) is 0 Å². The highest BCUT2D eigenvalue weighted by Crippen LogP contribution is 2.45. The summed E-state index contributed by atoms with van der Waals surface area (Å²) in [5, 5.41) is 0.847. The van der Waals surface area contributed by atoms with Crippen LogP contribution in [0.3, 0.4) is 0 Å². The van der Waals surface area contributed by atoms with Crippen molar-refractivity contribution >= 4 is 27.5 Å². The summed E-state index contributed by atoms with van der Waals surface area (Å²) in [5.41, 5.74) is 1.63. The van der Waals surface area contributed by atoms with Gasteiger partial charge in [-0.05, 0) is 69.7 Å². The molecule has 4 aliphatic heterocycles. The Labute approximate surface area is 178 Å². The van der Waals surface area contributed by atoms with Gasteiger partial charge in [0.1, 0.15) is 0 Å². The van der Waals surface area contributed by atoms with Crippen LogP contribution in [0.1, 0.15) is 70.6 Å². The normalized spacial score (nSPS) is 37.9. The minimum atomic E-state index is 0.433. The summed E-state index contributed by atoms with van der Waals surface area (Å²) < 4.78 is 0. The fraction of sp³-hybridized carbons (Fsp3) is 0.870. The van der Waals surface area contributed by atoms with Crippen LogP contribution in [-0.4, -0.2) is 58.4 Å². The number of fused-ring (bicyclic) bond motifs is 6. The van der Waals surface area contributed by atoms with Gasteiger partial charge in [0.25, 0.3) is 0 Å². The molecule has 0 saturated carbocycles. The summed E-state index contributed by atoms with van der Waals surface area (Å²) >= 11 is 0. The molecule has 0 N–H and O–H groups in total. The van der Waals surface area contributed by atoms with E-state index in [0.717, 1.165) is 36.6 Å². The molecule has 28 heavy (non-hydrogen) atoms. The van der Waals surface area contributed by atoms with Crippen molar-refractivity contribution in [3.8, 4) is 0 Å². The summed E-state index contributed by atoms with van der Waals surface area (Å²) in [5.74, 6) is 3.22. The predicted octanol–water partition coefficient (Wildman–Crippen LogP) is 5.12. The predicted molar refractivity (Wildman–Crippen MR) is 121 cm³/mol. The second-order valence-corrected chi connectivity index (χ2v) is 12.5. The lowest BCUT2D eigenvalue weighted by molar-refractivity contribution is -0.136. The molecule has 0 aromatic rings. The SMILES string of the molecule is O=C(CCCC[C@@H]1CCSS1)N1CCCC2=C[C@H]3C[C@H](CN4CCCC[C@@H]34)[C@H]21. The molecule has 1 amide bonds. The van der Waals surface area contributed by atoms with Crippen molar-refractivity contribution in [3.05, 3.63) is 11.6 Å². The van der Waals surface area contributed by atoms with E-state index in [1.54, 1.807) is 5.57 Å². The zero-order valence-corrected chi connectivity index (χ0v) is 18.8. The van der Waals surface area contributed by atoms with E-state index in [9.17, 15) is 4.79 Å². The number of piperidine rings is 3. The van der Waals surface area contributed by atoms with Crippen molar-refractivity contribution in [2.24, 2.45) is 11.8 Å². The van der Waals surface area contributed by atoms with Gasteiger partial charge in [-0.25, -0.2) is 0 Å². The Hall–Kier alpha value is -0.130. The first-order chi connectivity index (χ1) is 13.8. The number of amides is 1. The first-order valence-corrected chi connectivity index (χ1v) is 14.2. The van der Waals surface area contributed by atoms with E-state index in [-0.39, 0.29) is 0 Å². The standard InChI is InChI=1S/C23H36N2OS2/c26-22(9-2-1-7-20-10-13-27-28-20)25-12-5-6-17-14-18-15-19(23(17)25)16-24-11-4-3-8-21(18)24/h14,18-21,23H,1-13,15-16H2/t18-,19+,20+,21-,23-/m0/s1. The largest absolute Gasteiger partial charge is 0.336 e. The second-order valence-electron chi connectivity index (χ2n) is 9.67. The molecule has 3 nitrogen and oxygen atoms in total. The summed E-state index contributed by atoms with van der Waals surface area (Å²) in [7, 11) is 4.10. The molecule has 2 bridgehead atoms. The van der Waals surface area contributed by atoms with Gasteiger partial charge in [-0.2, -0.15) is 0 Å². The Balaban J connectivity index is 1.21. The number of rotatable bonds is 5. The maximum atomic E-state index is 13.2. The lowest BCUT2D eigenvalue weighted by Gasteiger charge is -2.54. The minimum absolute atomic E-state index is 0.433. The lowest BCUT2D eigenvalue weighted by Crippen LogP contribution is -2.60. The minimum Gasteiger partial charge on any atom is -0.336 e. The Bertz CT molecular complexity index is 603. The van der Waals surface area contributed by atoms with Gasteiger partial charge >= 0.3 is 0 Å². The Morgan fingerprint density at radius 3 is 3.00 bits per heavy atom. The fourth-order valence-corrected chi connectivity index (χ4v) is 9.64. The molecule has 5 atom stereocenters. The van der Waals surface area contributed by atoms with Crippen LogP contribution in [0.4, 0.5) is 0 Å². The maximum Gasteiger partial charge on any atom is 0.223 e. The number of unbranched alkanes of at least 4 members (excludes halogenated alkanes) is 1. The molecule has 0 unspecified atom stereocenters. The number of likely N-dealkylation sites (tertiary alicyclic amines) is 1. The van der Waals surface area contributed by atoms with Crippen LogP contribution < -0.4 is 0 Å². The van der Waals surface area contributed by atoms with Crippen LogP contribution in [0.2, 0.25) is 0 Å². The third kappa shape index (κ3) is 4.05. The molecule has 0 spiro atoms. The monoisotopic (exact) mass is 420 g/mol. The van der Waals surface area contributed by atoms with Crippen LogP contribution in [0.15, 0.2) is 11.6 Å². The number of hydrogen-bond donors (Lipinski definition) is 0. The first kappa shape index (κ1) is 19.8. The van der Waals surface area contributed by atoms with Gasteiger partial charge in [-0.15, -0.1) is 0 Å². The van der Waals surface area contributed by atoms with Gasteiger partial charge in [-0.3, -0.25) is 9.69 Å². The van der Waals surface area contributed by atoms with E-state index in [2.05, 4.69) is 26.7 Å². The molecule has 0 aromatic carbocycles.